The molecule has 2 rings (SSSR count). The number of carbonyl (C=O) groups is 1. The molecule has 6 heteroatoms. The summed E-state index contributed by atoms with van der Waals surface area (Å²) in [5, 5.41) is 5.47. The first-order chi connectivity index (χ1) is 10.1. The molecule has 5 nitrogen and oxygen atoms in total. The normalized spacial score (nSPS) is 22.5. The minimum absolute atomic E-state index is 0.0706. The van der Waals surface area contributed by atoms with E-state index in [4.69, 9.17) is 5.73 Å². The topological polar surface area (TPSA) is 71.2 Å². The molecule has 1 aromatic rings. The zero-order chi connectivity index (χ0) is 15.2. The number of hydrogen-bond acceptors (Lipinski definition) is 5. The fourth-order valence-electron chi connectivity index (χ4n) is 3.20. The van der Waals surface area contributed by atoms with E-state index in [0.717, 1.165) is 25.3 Å². The second kappa shape index (κ2) is 7.87. The first-order valence-electron chi connectivity index (χ1n) is 7.80. The van der Waals surface area contributed by atoms with Crippen LogP contribution in [-0.2, 0) is 11.3 Å². The van der Waals surface area contributed by atoms with Crippen LogP contribution in [0.3, 0.4) is 0 Å². The van der Waals surface area contributed by atoms with E-state index < -0.39 is 0 Å². The van der Waals surface area contributed by atoms with Gasteiger partial charge in [-0.2, -0.15) is 0 Å². The number of hydrogen-bond donors (Lipinski definition) is 2. The van der Waals surface area contributed by atoms with Gasteiger partial charge in [-0.1, -0.05) is 19.8 Å². The number of aromatic nitrogens is 1. The molecule has 118 valence electrons. The molecular formula is C15H26N4OS. The lowest BCUT2D eigenvalue weighted by Crippen LogP contribution is -2.44. The Bertz CT molecular complexity index is 462. The van der Waals surface area contributed by atoms with Crippen molar-refractivity contribution in [1.29, 1.82) is 0 Å². The van der Waals surface area contributed by atoms with Crippen LogP contribution in [0, 0.1) is 5.92 Å². The Labute approximate surface area is 130 Å². The molecule has 1 aliphatic rings. The van der Waals surface area contributed by atoms with Gasteiger partial charge in [-0.25, -0.2) is 4.98 Å². The molecule has 0 aromatic carbocycles. The predicted octanol–water partition coefficient (Wildman–Crippen LogP) is 2.44. The zero-order valence-corrected chi connectivity index (χ0v) is 13.8. The fraction of sp³-hybridized carbons (Fsp3) is 0.733. The van der Waals surface area contributed by atoms with Gasteiger partial charge in [0.05, 0.1) is 5.69 Å². The van der Waals surface area contributed by atoms with Crippen LogP contribution in [0.25, 0.3) is 0 Å². The third-order valence-electron chi connectivity index (χ3n) is 4.25. The smallest absolute Gasteiger partial charge is 0.223 e. The molecule has 1 aliphatic carbocycles. The lowest BCUT2D eigenvalue weighted by Gasteiger charge is -2.39. The van der Waals surface area contributed by atoms with Crippen LogP contribution in [0.15, 0.2) is 5.38 Å². The summed E-state index contributed by atoms with van der Waals surface area (Å²) in [4.78, 5) is 18.0. The first kappa shape index (κ1) is 16.4. The summed E-state index contributed by atoms with van der Waals surface area (Å²) in [7, 11) is 0. The molecule has 2 atom stereocenters. The molecule has 1 saturated carbocycles. The Morgan fingerprint density at radius 1 is 1.52 bits per heavy atom. The average Bonchev–Trinajstić information content (AvgIpc) is 2.91. The zero-order valence-electron chi connectivity index (χ0n) is 13.0. The quantitative estimate of drug-likeness (QED) is 0.846. The van der Waals surface area contributed by atoms with Gasteiger partial charge >= 0.3 is 0 Å². The maximum Gasteiger partial charge on any atom is 0.223 e. The standard InChI is InChI=1S/C15H26N4OS/c1-3-19(14-7-5-4-6-12(14)8-16)9-13-10-21-15(18-13)17-11(2)20/h10,12,14H,3-9,16H2,1-2H3,(H,17,18,20). The van der Waals surface area contributed by atoms with Crippen LogP contribution < -0.4 is 11.1 Å². The summed E-state index contributed by atoms with van der Waals surface area (Å²) < 4.78 is 0. The van der Waals surface area contributed by atoms with E-state index in [1.54, 1.807) is 0 Å². The van der Waals surface area contributed by atoms with Crippen molar-refractivity contribution in [2.24, 2.45) is 11.7 Å². The summed E-state index contributed by atoms with van der Waals surface area (Å²) in [6, 6.07) is 0.569. The van der Waals surface area contributed by atoms with Gasteiger partial charge in [0.2, 0.25) is 5.91 Å². The Kier molecular flexibility index (Phi) is 6.14. The summed E-state index contributed by atoms with van der Waals surface area (Å²) >= 11 is 1.49. The molecule has 0 aliphatic heterocycles. The number of nitrogens with zero attached hydrogens (tertiary/aromatic N) is 2. The maximum absolute atomic E-state index is 11.1. The van der Waals surface area contributed by atoms with E-state index >= 15 is 0 Å². The minimum atomic E-state index is -0.0706. The molecular weight excluding hydrogens is 284 g/mol. The van der Waals surface area contributed by atoms with Gasteiger partial charge in [0, 0.05) is 24.9 Å². The first-order valence-corrected chi connectivity index (χ1v) is 8.68. The molecule has 2 unspecified atom stereocenters. The summed E-state index contributed by atoms with van der Waals surface area (Å²) in [5.41, 5.74) is 6.98. The van der Waals surface area contributed by atoms with Gasteiger partial charge in [-0.15, -0.1) is 11.3 Å². The Hall–Kier alpha value is -0.980. The van der Waals surface area contributed by atoms with E-state index in [1.807, 2.05) is 5.38 Å². The summed E-state index contributed by atoms with van der Waals surface area (Å²) in [6.45, 7) is 6.33. The van der Waals surface area contributed by atoms with Gasteiger partial charge in [0.15, 0.2) is 5.13 Å². The van der Waals surface area contributed by atoms with E-state index in [-0.39, 0.29) is 5.91 Å². The maximum atomic E-state index is 11.1. The molecule has 1 aromatic heterocycles. The number of anilines is 1. The Morgan fingerprint density at radius 2 is 2.29 bits per heavy atom. The molecule has 1 amide bonds. The predicted molar refractivity (Wildman–Crippen MR) is 87.3 cm³/mol. The summed E-state index contributed by atoms with van der Waals surface area (Å²) in [5.74, 6) is 0.533. The number of nitrogens with one attached hydrogen (secondary N) is 1. The number of thiazole rings is 1. The Balaban J connectivity index is 2.00. The molecule has 0 spiro atoms. The molecule has 1 heterocycles. The van der Waals surface area contributed by atoms with Crippen LogP contribution >= 0.6 is 11.3 Å². The van der Waals surface area contributed by atoms with E-state index in [2.05, 4.69) is 22.1 Å². The second-order valence-electron chi connectivity index (χ2n) is 5.74. The average molecular weight is 310 g/mol. The van der Waals surface area contributed by atoms with Gasteiger partial charge in [0.1, 0.15) is 0 Å². The molecule has 0 radical (unpaired) electrons. The van der Waals surface area contributed by atoms with Crippen LogP contribution in [-0.4, -0.2) is 34.9 Å². The van der Waals surface area contributed by atoms with Crippen LogP contribution in [0.1, 0.15) is 45.2 Å². The molecule has 21 heavy (non-hydrogen) atoms. The molecule has 1 fully saturated rings. The number of rotatable bonds is 6. The van der Waals surface area contributed by atoms with Crippen LogP contribution in [0.5, 0.6) is 0 Å². The highest BCUT2D eigenvalue weighted by Gasteiger charge is 2.28. The number of nitrogens with two attached hydrogens (primary N) is 1. The highest BCUT2D eigenvalue weighted by atomic mass is 32.1. The summed E-state index contributed by atoms with van der Waals surface area (Å²) in [6.07, 6.45) is 5.08. The van der Waals surface area contributed by atoms with Gasteiger partial charge in [0.25, 0.3) is 0 Å². The largest absolute Gasteiger partial charge is 0.330 e. The fourth-order valence-corrected chi connectivity index (χ4v) is 3.95. The van der Waals surface area contributed by atoms with Crippen LogP contribution in [0.2, 0.25) is 0 Å². The van der Waals surface area contributed by atoms with Crippen molar-refractivity contribution >= 4 is 22.4 Å². The van der Waals surface area contributed by atoms with Crippen molar-refractivity contribution < 1.29 is 4.79 Å². The third kappa shape index (κ3) is 4.49. The van der Waals surface area contributed by atoms with Gasteiger partial charge in [-0.3, -0.25) is 9.69 Å². The highest BCUT2D eigenvalue weighted by Crippen LogP contribution is 2.29. The van der Waals surface area contributed by atoms with Gasteiger partial charge in [-0.05, 0) is 31.8 Å². The SMILES string of the molecule is CCN(Cc1csc(NC(C)=O)n1)C1CCCCC1CN. The highest BCUT2D eigenvalue weighted by molar-refractivity contribution is 7.13. The second-order valence-corrected chi connectivity index (χ2v) is 6.59. The lowest BCUT2D eigenvalue weighted by molar-refractivity contribution is -0.114. The van der Waals surface area contributed by atoms with Crippen molar-refractivity contribution in [2.45, 2.75) is 52.1 Å². The van der Waals surface area contributed by atoms with E-state index in [0.29, 0.717) is 17.1 Å². The van der Waals surface area contributed by atoms with Crippen molar-refractivity contribution in [3.8, 4) is 0 Å². The van der Waals surface area contributed by atoms with Crippen molar-refractivity contribution in [3.05, 3.63) is 11.1 Å². The number of carbonyl (C=O) groups excluding carboxylic acids is 1. The van der Waals surface area contributed by atoms with Crippen molar-refractivity contribution in [2.75, 3.05) is 18.4 Å². The Morgan fingerprint density at radius 3 is 2.95 bits per heavy atom. The van der Waals surface area contributed by atoms with Crippen LogP contribution in [0.4, 0.5) is 5.13 Å². The minimum Gasteiger partial charge on any atom is -0.330 e. The lowest BCUT2D eigenvalue weighted by atomic mass is 9.83. The van der Waals surface area contributed by atoms with Crippen molar-refractivity contribution in [1.82, 2.24) is 9.88 Å². The monoisotopic (exact) mass is 310 g/mol. The van der Waals surface area contributed by atoms with Crippen molar-refractivity contribution in [3.63, 3.8) is 0 Å². The number of amides is 1. The molecule has 0 bridgehead atoms. The van der Waals surface area contributed by atoms with Gasteiger partial charge < -0.3 is 11.1 Å². The third-order valence-corrected chi connectivity index (χ3v) is 5.05. The van der Waals surface area contributed by atoms with E-state index in [9.17, 15) is 4.79 Å². The molecule has 3 N–H and O–H groups in total. The molecule has 0 saturated heterocycles. The van der Waals surface area contributed by atoms with E-state index in [1.165, 1.54) is 43.9 Å².